The maximum Gasteiger partial charge on any atom is 0.278 e. The van der Waals surface area contributed by atoms with E-state index in [-0.39, 0.29) is 5.03 Å². The minimum absolute atomic E-state index is 0.0757. The molecule has 0 bridgehead atoms. The molecule has 1 aromatic heterocycles. The van der Waals surface area contributed by atoms with Gasteiger partial charge < -0.3 is 10.7 Å². The van der Waals surface area contributed by atoms with Crippen molar-refractivity contribution >= 4 is 15.7 Å². The van der Waals surface area contributed by atoms with Crippen molar-refractivity contribution in [1.82, 2.24) is 9.97 Å². The molecule has 6 nitrogen and oxygen atoms in total. The first-order chi connectivity index (χ1) is 10.0. The highest BCUT2D eigenvalue weighted by Crippen LogP contribution is 2.17. The standard InChI is InChI=1S/C14H20N4O2S/c1-2-13-16-10-14(17-13)21(19,20)18-12-7-3-5-11(9-12)6-4-8-15/h3,5,7,9-10,18H,2,4,6,8,15H2,1H3,(H,16,17). The average Bonchev–Trinajstić information content (AvgIpc) is 2.95. The van der Waals surface area contributed by atoms with E-state index in [1.807, 2.05) is 25.1 Å². The van der Waals surface area contributed by atoms with Crippen LogP contribution in [0.25, 0.3) is 0 Å². The summed E-state index contributed by atoms with van der Waals surface area (Å²) in [6.45, 7) is 2.52. The van der Waals surface area contributed by atoms with Crippen LogP contribution in [0.5, 0.6) is 0 Å². The van der Waals surface area contributed by atoms with E-state index >= 15 is 0 Å². The van der Waals surface area contributed by atoms with Crippen LogP contribution in [0.3, 0.4) is 0 Å². The maximum absolute atomic E-state index is 12.3. The summed E-state index contributed by atoms with van der Waals surface area (Å²) >= 11 is 0. The number of nitrogens with two attached hydrogens (primary N) is 1. The summed E-state index contributed by atoms with van der Waals surface area (Å²) in [6, 6.07) is 7.33. The van der Waals surface area contributed by atoms with Crippen LogP contribution < -0.4 is 10.5 Å². The van der Waals surface area contributed by atoms with Gasteiger partial charge in [-0.1, -0.05) is 19.1 Å². The summed E-state index contributed by atoms with van der Waals surface area (Å²) in [5.41, 5.74) is 7.08. The SMILES string of the molecule is CCc1ncc(S(=O)(=O)Nc2cccc(CCCN)c2)[nH]1. The van der Waals surface area contributed by atoms with Crippen molar-refractivity contribution in [3.63, 3.8) is 0 Å². The molecule has 1 heterocycles. The molecule has 0 aliphatic heterocycles. The van der Waals surface area contributed by atoms with Gasteiger partial charge >= 0.3 is 0 Å². The van der Waals surface area contributed by atoms with E-state index in [0.717, 1.165) is 18.4 Å². The highest BCUT2D eigenvalue weighted by Gasteiger charge is 2.17. The first-order valence-electron chi connectivity index (χ1n) is 6.91. The molecule has 114 valence electrons. The molecule has 7 heteroatoms. The highest BCUT2D eigenvalue weighted by molar-refractivity contribution is 7.92. The fourth-order valence-corrected chi connectivity index (χ4v) is 2.96. The van der Waals surface area contributed by atoms with E-state index in [9.17, 15) is 8.42 Å². The Hall–Kier alpha value is -1.86. The third-order valence-electron chi connectivity index (χ3n) is 3.08. The molecular weight excluding hydrogens is 288 g/mol. The Bertz CT molecular complexity index is 695. The second-order valence-electron chi connectivity index (χ2n) is 4.75. The van der Waals surface area contributed by atoms with Crippen molar-refractivity contribution in [3.8, 4) is 0 Å². The summed E-state index contributed by atoms with van der Waals surface area (Å²) in [5.74, 6) is 0.645. The van der Waals surface area contributed by atoms with Gasteiger partial charge in [0.2, 0.25) is 0 Å². The molecule has 0 amide bonds. The topological polar surface area (TPSA) is 101 Å². The molecular formula is C14H20N4O2S. The van der Waals surface area contributed by atoms with Crippen molar-refractivity contribution in [2.45, 2.75) is 31.2 Å². The van der Waals surface area contributed by atoms with Crippen molar-refractivity contribution in [2.24, 2.45) is 5.73 Å². The fraction of sp³-hybridized carbons (Fsp3) is 0.357. The Kier molecular flexibility index (Phi) is 4.98. The summed E-state index contributed by atoms with van der Waals surface area (Å²) in [7, 11) is -3.63. The lowest BCUT2D eigenvalue weighted by molar-refractivity contribution is 0.598. The summed E-state index contributed by atoms with van der Waals surface area (Å²) in [5, 5.41) is 0.0757. The Labute approximate surface area is 124 Å². The van der Waals surface area contributed by atoms with Crippen LogP contribution >= 0.6 is 0 Å². The van der Waals surface area contributed by atoms with Gasteiger partial charge in [-0.05, 0) is 37.1 Å². The van der Waals surface area contributed by atoms with E-state index in [0.29, 0.717) is 24.5 Å². The zero-order chi connectivity index (χ0) is 15.3. The number of sulfonamides is 1. The molecule has 1 aromatic carbocycles. The zero-order valence-electron chi connectivity index (χ0n) is 12.0. The molecule has 0 spiro atoms. The van der Waals surface area contributed by atoms with Crippen LogP contribution in [0, 0.1) is 0 Å². The minimum Gasteiger partial charge on any atom is -0.332 e. The van der Waals surface area contributed by atoms with E-state index < -0.39 is 10.0 Å². The van der Waals surface area contributed by atoms with Gasteiger partial charge in [0.15, 0.2) is 5.03 Å². The lowest BCUT2D eigenvalue weighted by Crippen LogP contribution is -2.13. The number of nitrogens with one attached hydrogen (secondary N) is 2. The minimum atomic E-state index is -3.63. The number of anilines is 1. The molecule has 2 aromatic rings. The zero-order valence-corrected chi connectivity index (χ0v) is 12.8. The number of nitrogens with zero attached hydrogens (tertiary/aromatic N) is 1. The second kappa shape index (κ2) is 6.73. The van der Waals surface area contributed by atoms with Crippen molar-refractivity contribution in [2.75, 3.05) is 11.3 Å². The molecule has 0 radical (unpaired) electrons. The average molecular weight is 308 g/mol. The number of aromatic amines is 1. The molecule has 0 saturated carbocycles. The number of rotatable bonds is 7. The number of benzene rings is 1. The van der Waals surface area contributed by atoms with Crippen LogP contribution in [-0.4, -0.2) is 24.9 Å². The molecule has 2 rings (SSSR count). The van der Waals surface area contributed by atoms with Gasteiger partial charge in [0, 0.05) is 12.1 Å². The van der Waals surface area contributed by atoms with Crippen molar-refractivity contribution in [3.05, 3.63) is 41.9 Å². The third kappa shape index (κ3) is 4.05. The van der Waals surface area contributed by atoms with Gasteiger partial charge in [0.05, 0.1) is 6.20 Å². The van der Waals surface area contributed by atoms with Gasteiger partial charge in [-0.2, -0.15) is 8.42 Å². The molecule has 0 fully saturated rings. The third-order valence-corrected chi connectivity index (χ3v) is 4.37. The molecule has 21 heavy (non-hydrogen) atoms. The van der Waals surface area contributed by atoms with Gasteiger partial charge in [0.1, 0.15) is 5.82 Å². The first-order valence-corrected chi connectivity index (χ1v) is 8.39. The van der Waals surface area contributed by atoms with Crippen LogP contribution in [0.15, 0.2) is 35.5 Å². The predicted molar refractivity (Wildman–Crippen MR) is 82.6 cm³/mol. The van der Waals surface area contributed by atoms with Crippen LogP contribution in [0.4, 0.5) is 5.69 Å². The van der Waals surface area contributed by atoms with Crippen molar-refractivity contribution in [1.29, 1.82) is 0 Å². The summed E-state index contributed by atoms with van der Waals surface area (Å²) in [4.78, 5) is 6.81. The van der Waals surface area contributed by atoms with Gasteiger partial charge in [0.25, 0.3) is 10.0 Å². The predicted octanol–water partition coefficient (Wildman–Crippen LogP) is 1.66. The van der Waals surface area contributed by atoms with Crippen LogP contribution in [-0.2, 0) is 22.9 Å². The molecule has 0 aliphatic rings. The Morgan fingerprint density at radius 1 is 1.38 bits per heavy atom. The van der Waals surface area contributed by atoms with Crippen LogP contribution in [0.2, 0.25) is 0 Å². The van der Waals surface area contributed by atoms with Gasteiger partial charge in [-0.25, -0.2) is 4.98 Å². The fourth-order valence-electron chi connectivity index (χ4n) is 1.97. The summed E-state index contributed by atoms with van der Waals surface area (Å²) < 4.78 is 27.1. The lowest BCUT2D eigenvalue weighted by Gasteiger charge is -2.08. The number of hydrogen-bond donors (Lipinski definition) is 3. The first kappa shape index (κ1) is 15.5. The molecule has 0 aliphatic carbocycles. The number of imidazole rings is 1. The van der Waals surface area contributed by atoms with E-state index in [1.54, 1.807) is 6.07 Å². The maximum atomic E-state index is 12.3. The van der Waals surface area contributed by atoms with Gasteiger partial charge in [-0.3, -0.25) is 4.72 Å². The quantitative estimate of drug-likeness (QED) is 0.724. The molecule has 0 atom stereocenters. The molecule has 4 N–H and O–H groups in total. The van der Waals surface area contributed by atoms with E-state index in [1.165, 1.54) is 6.20 Å². The van der Waals surface area contributed by atoms with Gasteiger partial charge in [-0.15, -0.1) is 0 Å². The van der Waals surface area contributed by atoms with Crippen molar-refractivity contribution < 1.29 is 8.42 Å². The normalized spacial score (nSPS) is 11.5. The lowest BCUT2D eigenvalue weighted by atomic mass is 10.1. The Balaban J connectivity index is 2.16. The monoisotopic (exact) mass is 308 g/mol. The van der Waals surface area contributed by atoms with E-state index in [4.69, 9.17) is 5.73 Å². The van der Waals surface area contributed by atoms with Crippen LogP contribution in [0.1, 0.15) is 24.7 Å². The second-order valence-corrected chi connectivity index (χ2v) is 6.40. The highest BCUT2D eigenvalue weighted by atomic mass is 32.2. The number of aromatic nitrogens is 2. The molecule has 0 saturated heterocycles. The number of aryl methyl sites for hydroxylation is 2. The Morgan fingerprint density at radius 2 is 2.19 bits per heavy atom. The Morgan fingerprint density at radius 3 is 2.86 bits per heavy atom. The number of H-pyrrole nitrogens is 1. The number of hydrogen-bond acceptors (Lipinski definition) is 4. The van der Waals surface area contributed by atoms with E-state index in [2.05, 4.69) is 14.7 Å². The molecule has 0 unspecified atom stereocenters. The smallest absolute Gasteiger partial charge is 0.278 e. The summed E-state index contributed by atoms with van der Waals surface area (Å²) in [6.07, 6.45) is 3.69. The largest absolute Gasteiger partial charge is 0.332 e.